The second-order valence-electron chi connectivity index (χ2n) is 4.80. The third kappa shape index (κ3) is 4.36. The summed E-state index contributed by atoms with van der Waals surface area (Å²) in [5, 5.41) is 9.73. The van der Waals surface area contributed by atoms with Crippen LogP contribution in [0.2, 0.25) is 0 Å². The fraction of sp³-hybridized carbons (Fsp3) is 0.294. The lowest BCUT2D eigenvalue weighted by molar-refractivity contribution is 0.191. The number of aryl methyl sites for hydroxylation is 1. The molecule has 1 N–H and O–H groups in total. The van der Waals surface area contributed by atoms with Gasteiger partial charge < -0.3 is 9.84 Å². The number of benzene rings is 2. The van der Waals surface area contributed by atoms with Gasteiger partial charge in [0.15, 0.2) is 0 Å². The van der Waals surface area contributed by atoms with Crippen LogP contribution in [0.15, 0.2) is 53.0 Å². The fourth-order valence-corrected chi connectivity index (χ4v) is 2.42. The highest BCUT2D eigenvalue weighted by Gasteiger charge is 2.09. The molecule has 0 saturated heterocycles. The number of rotatable bonds is 6. The molecule has 1 unspecified atom stereocenters. The third-order valence-electron chi connectivity index (χ3n) is 3.14. The van der Waals surface area contributed by atoms with Crippen LogP contribution in [0.25, 0.3) is 0 Å². The highest BCUT2D eigenvalue weighted by atomic mass is 79.9. The predicted molar refractivity (Wildman–Crippen MR) is 85.0 cm³/mol. The monoisotopic (exact) mass is 334 g/mol. The summed E-state index contributed by atoms with van der Waals surface area (Å²) < 4.78 is 6.77. The van der Waals surface area contributed by atoms with Crippen molar-refractivity contribution in [2.45, 2.75) is 25.9 Å². The van der Waals surface area contributed by atoms with Crippen molar-refractivity contribution in [1.29, 1.82) is 0 Å². The summed E-state index contributed by atoms with van der Waals surface area (Å²) in [6.45, 7) is 2.39. The Labute approximate surface area is 128 Å². The second-order valence-corrected chi connectivity index (χ2v) is 5.71. The van der Waals surface area contributed by atoms with Crippen molar-refractivity contribution >= 4 is 15.9 Å². The molecule has 2 rings (SSSR count). The Balaban J connectivity index is 1.89. The van der Waals surface area contributed by atoms with Gasteiger partial charge in [-0.1, -0.05) is 52.3 Å². The lowest BCUT2D eigenvalue weighted by atomic mass is 10.1. The molecule has 2 aromatic rings. The molecular formula is C17H19BrO2. The molecule has 0 aliphatic carbocycles. The molecule has 2 nitrogen and oxygen atoms in total. The lowest BCUT2D eigenvalue weighted by Gasteiger charge is -2.14. The minimum atomic E-state index is -0.521. The number of aliphatic hydroxyl groups is 1. The molecule has 20 heavy (non-hydrogen) atoms. The molecule has 0 bridgehead atoms. The highest BCUT2D eigenvalue weighted by molar-refractivity contribution is 9.10. The Bertz CT molecular complexity index is 538. The minimum absolute atomic E-state index is 0.521. The number of halogens is 1. The largest absolute Gasteiger partial charge is 0.493 e. The van der Waals surface area contributed by atoms with Crippen molar-refractivity contribution in [3.63, 3.8) is 0 Å². The van der Waals surface area contributed by atoms with Crippen LogP contribution in [0.1, 0.15) is 30.6 Å². The van der Waals surface area contributed by atoms with E-state index in [4.69, 9.17) is 4.74 Å². The van der Waals surface area contributed by atoms with Gasteiger partial charge in [0, 0.05) is 10.0 Å². The van der Waals surface area contributed by atoms with E-state index in [1.807, 2.05) is 24.3 Å². The Hall–Kier alpha value is -1.32. The van der Waals surface area contributed by atoms with E-state index in [1.165, 1.54) is 5.56 Å². The zero-order valence-electron chi connectivity index (χ0n) is 11.6. The molecule has 3 heteroatoms. The van der Waals surface area contributed by atoms with Crippen molar-refractivity contribution in [3.8, 4) is 5.75 Å². The van der Waals surface area contributed by atoms with Crippen LogP contribution in [-0.4, -0.2) is 11.7 Å². The molecule has 0 aromatic heterocycles. The Morgan fingerprint density at radius 1 is 1.15 bits per heavy atom. The molecule has 0 spiro atoms. The van der Waals surface area contributed by atoms with Crippen molar-refractivity contribution in [2.24, 2.45) is 0 Å². The zero-order chi connectivity index (χ0) is 14.4. The number of ether oxygens (including phenoxy) is 1. The highest BCUT2D eigenvalue weighted by Crippen LogP contribution is 2.28. The van der Waals surface area contributed by atoms with Gasteiger partial charge >= 0.3 is 0 Å². The summed E-state index contributed by atoms with van der Waals surface area (Å²) >= 11 is 3.43. The fourth-order valence-electron chi connectivity index (χ4n) is 2.08. The Morgan fingerprint density at radius 2 is 1.90 bits per heavy atom. The van der Waals surface area contributed by atoms with Crippen molar-refractivity contribution in [2.75, 3.05) is 6.61 Å². The standard InChI is InChI=1S/C17H19BrO2/c1-13(19)16-10-9-15(18)12-17(16)20-11-5-8-14-6-3-2-4-7-14/h2-4,6-7,9-10,12-13,19H,5,8,11H2,1H3. The van der Waals surface area contributed by atoms with Crippen LogP contribution in [-0.2, 0) is 6.42 Å². The van der Waals surface area contributed by atoms with Crippen LogP contribution in [0.3, 0.4) is 0 Å². The summed E-state index contributed by atoms with van der Waals surface area (Å²) in [7, 11) is 0. The maximum atomic E-state index is 9.73. The molecule has 0 aliphatic rings. The third-order valence-corrected chi connectivity index (χ3v) is 3.63. The molecule has 0 heterocycles. The molecule has 0 fully saturated rings. The molecule has 0 amide bonds. The van der Waals surface area contributed by atoms with E-state index >= 15 is 0 Å². The first-order valence-corrected chi connectivity index (χ1v) is 7.60. The van der Waals surface area contributed by atoms with Crippen molar-refractivity contribution < 1.29 is 9.84 Å². The predicted octanol–water partition coefficient (Wildman–Crippen LogP) is 4.51. The van der Waals surface area contributed by atoms with Crippen LogP contribution in [0.5, 0.6) is 5.75 Å². The Kier molecular flexibility index (Phi) is 5.62. The lowest BCUT2D eigenvalue weighted by Crippen LogP contribution is -2.03. The van der Waals surface area contributed by atoms with Crippen molar-refractivity contribution in [3.05, 3.63) is 64.1 Å². The number of aliphatic hydroxyl groups excluding tert-OH is 1. The van der Waals surface area contributed by atoms with Gasteiger partial charge in [-0.3, -0.25) is 0 Å². The van der Waals surface area contributed by atoms with E-state index in [2.05, 4.69) is 40.2 Å². The van der Waals surface area contributed by atoms with Gasteiger partial charge in [0.05, 0.1) is 12.7 Å². The SMILES string of the molecule is CC(O)c1ccc(Br)cc1OCCCc1ccccc1. The molecule has 2 aromatic carbocycles. The maximum absolute atomic E-state index is 9.73. The average Bonchev–Trinajstić information content (AvgIpc) is 2.44. The minimum Gasteiger partial charge on any atom is -0.493 e. The Morgan fingerprint density at radius 3 is 2.60 bits per heavy atom. The molecule has 106 valence electrons. The quantitative estimate of drug-likeness (QED) is 0.787. The van der Waals surface area contributed by atoms with Gasteiger partial charge in [0.1, 0.15) is 5.75 Å². The number of hydrogen-bond donors (Lipinski definition) is 1. The van der Waals surface area contributed by atoms with Gasteiger partial charge in [0.2, 0.25) is 0 Å². The number of hydrogen-bond acceptors (Lipinski definition) is 2. The van der Waals surface area contributed by atoms with E-state index in [0.29, 0.717) is 6.61 Å². The van der Waals surface area contributed by atoms with Crippen LogP contribution < -0.4 is 4.74 Å². The van der Waals surface area contributed by atoms with Gasteiger partial charge in [-0.2, -0.15) is 0 Å². The molecule has 0 radical (unpaired) electrons. The normalized spacial score (nSPS) is 12.2. The topological polar surface area (TPSA) is 29.5 Å². The van der Waals surface area contributed by atoms with E-state index in [9.17, 15) is 5.11 Å². The van der Waals surface area contributed by atoms with Gasteiger partial charge in [0.25, 0.3) is 0 Å². The summed E-state index contributed by atoms with van der Waals surface area (Å²) in [5.41, 5.74) is 2.15. The van der Waals surface area contributed by atoms with E-state index in [0.717, 1.165) is 28.6 Å². The first-order chi connectivity index (χ1) is 9.66. The summed E-state index contributed by atoms with van der Waals surface area (Å²) in [6, 6.07) is 16.1. The van der Waals surface area contributed by atoms with Crippen molar-refractivity contribution in [1.82, 2.24) is 0 Å². The molecule has 0 aliphatic heterocycles. The van der Waals surface area contributed by atoms with Gasteiger partial charge in [-0.15, -0.1) is 0 Å². The van der Waals surface area contributed by atoms with E-state index < -0.39 is 6.10 Å². The first kappa shape index (κ1) is 15.1. The summed E-state index contributed by atoms with van der Waals surface area (Å²) in [6.07, 6.45) is 1.43. The van der Waals surface area contributed by atoms with Crippen LogP contribution in [0, 0.1) is 0 Å². The molecular weight excluding hydrogens is 316 g/mol. The van der Waals surface area contributed by atoms with Crippen LogP contribution >= 0.6 is 15.9 Å². The molecule has 0 saturated carbocycles. The van der Waals surface area contributed by atoms with Gasteiger partial charge in [-0.05, 0) is 37.5 Å². The smallest absolute Gasteiger partial charge is 0.126 e. The zero-order valence-corrected chi connectivity index (χ0v) is 13.1. The molecule has 1 atom stereocenters. The van der Waals surface area contributed by atoms with E-state index in [1.54, 1.807) is 6.92 Å². The summed E-state index contributed by atoms with van der Waals surface area (Å²) in [4.78, 5) is 0. The summed E-state index contributed by atoms with van der Waals surface area (Å²) in [5.74, 6) is 0.752. The van der Waals surface area contributed by atoms with E-state index in [-0.39, 0.29) is 0 Å². The average molecular weight is 335 g/mol. The van der Waals surface area contributed by atoms with Gasteiger partial charge in [-0.25, -0.2) is 0 Å². The maximum Gasteiger partial charge on any atom is 0.126 e. The van der Waals surface area contributed by atoms with Crippen LogP contribution in [0.4, 0.5) is 0 Å². The first-order valence-electron chi connectivity index (χ1n) is 6.81. The second kappa shape index (κ2) is 7.46.